The molecule has 0 amide bonds. The minimum absolute atomic E-state index is 0.0635. The molecule has 0 spiro atoms. The number of nitrogens with two attached hydrogens (primary N) is 1. The van der Waals surface area contributed by atoms with E-state index in [-0.39, 0.29) is 6.04 Å². The highest BCUT2D eigenvalue weighted by Crippen LogP contribution is 2.12. The van der Waals surface area contributed by atoms with E-state index in [0.717, 1.165) is 29.2 Å². The Morgan fingerprint density at radius 1 is 1.24 bits per heavy atom. The van der Waals surface area contributed by atoms with Crippen LogP contribution in [-0.2, 0) is 6.54 Å². The number of fused-ring (bicyclic) bond motifs is 1. The van der Waals surface area contributed by atoms with Crippen LogP contribution in [0.1, 0.15) is 42.2 Å². The molecule has 0 radical (unpaired) electrons. The molecule has 7 heteroatoms. The van der Waals surface area contributed by atoms with Crippen LogP contribution in [0.25, 0.3) is 5.78 Å². The summed E-state index contributed by atoms with van der Waals surface area (Å²) in [7, 11) is 0. The number of aryl methyl sites for hydroxylation is 2. The summed E-state index contributed by atoms with van der Waals surface area (Å²) in [5, 5.41) is 8.21. The number of hydrogen-bond donors (Lipinski definition) is 1. The molecule has 0 aliphatic rings. The lowest BCUT2D eigenvalue weighted by molar-refractivity contribution is 0.637. The molecule has 0 aliphatic heterocycles. The summed E-state index contributed by atoms with van der Waals surface area (Å²) in [5.41, 5.74) is 9.75. The van der Waals surface area contributed by atoms with Crippen molar-refractivity contribution in [2.45, 2.75) is 39.8 Å². The van der Waals surface area contributed by atoms with Gasteiger partial charge >= 0.3 is 0 Å². The number of aromatic nitrogens is 6. The van der Waals surface area contributed by atoms with Crippen LogP contribution in [-0.4, -0.2) is 29.4 Å². The second kappa shape index (κ2) is 5.25. The summed E-state index contributed by atoms with van der Waals surface area (Å²) in [6, 6.07) is 1.97. The molecule has 0 saturated carbocycles. The molecule has 3 aromatic heterocycles. The zero-order valence-electron chi connectivity index (χ0n) is 12.5. The maximum atomic E-state index is 5.95. The number of nitrogens with zero attached hydrogens (tertiary/aromatic N) is 6. The van der Waals surface area contributed by atoms with Gasteiger partial charge in [0.25, 0.3) is 0 Å². The van der Waals surface area contributed by atoms with Crippen LogP contribution in [0.2, 0.25) is 0 Å². The summed E-state index contributed by atoms with van der Waals surface area (Å²) < 4.78 is 3.74. The van der Waals surface area contributed by atoms with Crippen LogP contribution in [0.3, 0.4) is 0 Å². The molecule has 0 aliphatic carbocycles. The molecule has 3 rings (SSSR count). The van der Waals surface area contributed by atoms with E-state index in [4.69, 9.17) is 5.73 Å². The average molecular weight is 285 g/mol. The first-order valence-electron chi connectivity index (χ1n) is 7.04. The quantitative estimate of drug-likeness (QED) is 0.783. The minimum atomic E-state index is -0.0635. The van der Waals surface area contributed by atoms with Crippen LogP contribution in [0.4, 0.5) is 0 Å². The maximum absolute atomic E-state index is 5.95. The molecule has 0 saturated heterocycles. The van der Waals surface area contributed by atoms with Gasteiger partial charge in [0.1, 0.15) is 0 Å². The molecule has 0 bridgehead atoms. The Labute approximate surface area is 122 Å². The Hall–Kier alpha value is -2.28. The standard InChI is InChI=1S/C14H19N7/c1-4-12(15)13-8-20(19-18-13)6-11-7-21-10(3)5-9(2)16-14(21)17-11/h5,7-8,12H,4,6,15H2,1-3H3. The van der Waals surface area contributed by atoms with Gasteiger partial charge in [0.05, 0.1) is 30.2 Å². The zero-order chi connectivity index (χ0) is 15.0. The fourth-order valence-corrected chi connectivity index (χ4v) is 2.33. The summed E-state index contributed by atoms with van der Waals surface area (Å²) in [6.45, 7) is 6.60. The van der Waals surface area contributed by atoms with Gasteiger partial charge in [-0.15, -0.1) is 5.10 Å². The van der Waals surface area contributed by atoms with Crippen molar-refractivity contribution in [3.8, 4) is 0 Å². The lowest BCUT2D eigenvalue weighted by atomic mass is 10.2. The SMILES string of the molecule is CCC(N)c1cn(Cc2cn3c(C)cc(C)nc3n2)nn1. The third-order valence-corrected chi connectivity index (χ3v) is 3.51. The number of hydrogen-bond acceptors (Lipinski definition) is 5. The van der Waals surface area contributed by atoms with E-state index < -0.39 is 0 Å². The number of rotatable bonds is 4. The second-order valence-corrected chi connectivity index (χ2v) is 5.30. The van der Waals surface area contributed by atoms with Crippen molar-refractivity contribution in [3.63, 3.8) is 0 Å². The van der Waals surface area contributed by atoms with Gasteiger partial charge in [-0.2, -0.15) is 0 Å². The first kappa shape index (κ1) is 13.7. The van der Waals surface area contributed by atoms with E-state index in [1.54, 1.807) is 4.68 Å². The van der Waals surface area contributed by atoms with Crippen LogP contribution < -0.4 is 5.73 Å². The van der Waals surface area contributed by atoms with Crippen LogP contribution in [0.5, 0.6) is 0 Å². The van der Waals surface area contributed by atoms with Gasteiger partial charge in [-0.25, -0.2) is 14.6 Å². The highest BCUT2D eigenvalue weighted by atomic mass is 15.4. The molecule has 21 heavy (non-hydrogen) atoms. The van der Waals surface area contributed by atoms with Crippen LogP contribution in [0, 0.1) is 13.8 Å². The van der Waals surface area contributed by atoms with E-state index in [9.17, 15) is 0 Å². The first-order chi connectivity index (χ1) is 10.1. The van der Waals surface area contributed by atoms with Gasteiger partial charge in [0.15, 0.2) is 0 Å². The molecule has 0 fully saturated rings. The molecular weight excluding hydrogens is 266 g/mol. The van der Waals surface area contributed by atoms with E-state index in [1.165, 1.54) is 0 Å². The summed E-state index contributed by atoms with van der Waals surface area (Å²) in [6.07, 6.45) is 4.71. The Morgan fingerprint density at radius 2 is 2.05 bits per heavy atom. The Morgan fingerprint density at radius 3 is 2.81 bits per heavy atom. The van der Waals surface area contributed by atoms with Crippen molar-refractivity contribution >= 4 is 5.78 Å². The van der Waals surface area contributed by atoms with Crippen molar-refractivity contribution in [1.29, 1.82) is 0 Å². The molecule has 7 nitrogen and oxygen atoms in total. The normalized spacial score (nSPS) is 13.0. The van der Waals surface area contributed by atoms with Gasteiger partial charge in [0, 0.05) is 17.6 Å². The van der Waals surface area contributed by atoms with Crippen molar-refractivity contribution in [2.24, 2.45) is 5.73 Å². The van der Waals surface area contributed by atoms with Crippen LogP contribution in [0.15, 0.2) is 18.5 Å². The third-order valence-electron chi connectivity index (χ3n) is 3.51. The van der Waals surface area contributed by atoms with Crippen molar-refractivity contribution in [1.82, 2.24) is 29.4 Å². The fourth-order valence-electron chi connectivity index (χ4n) is 2.33. The largest absolute Gasteiger partial charge is 0.323 e. The minimum Gasteiger partial charge on any atom is -0.323 e. The Bertz CT molecular complexity index is 771. The molecule has 0 aromatic carbocycles. The fraction of sp³-hybridized carbons (Fsp3) is 0.429. The summed E-state index contributed by atoms with van der Waals surface area (Å²) in [5.74, 6) is 0.716. The van der Waals surface area contributed by atoms with Gasteiger partial charge in [-0.05, 0) is 26.3 Å². The van der Waals surface area contributed by atoms with E-state index in [1.807, 2.05) is 43.6 Å². The lowest BCUT2D eigenvalue weighted by Gasteiger charge is -2.01. The summed E-state index contributed by atoms with van der Waals surface area (Å²) >= 11 is 0. The van der Waals surface area contributed by atoms with Crippen molar-refractivity contribution in [3.05, 3.63) is 41.2 Å². The zero-order valence-corrected chi connectivity index (χ0v) is 12.5. The Kier molecular flexibility index (Phi) is 3.42. The number of imidazole rings is 1. The van der Waals surface area contributed by atoms with Crippen molar-refractivity contribution in [2.75, 3.05) is 0 Å². The molecular formula is C14H19N7. The molecule has 3 heterocycles. The van der Waals surface area contributed by atoms with Gasteiger partial charge in [-0.1, -0.05) is 12.1 Å². The molecule has 1 unspecified atom stereocenters. The van der Waals surface area contributed by atoms with E-state index in [2.05, 4.69) is 20.3 Å². The first-order valence-corrected chi connectivity index (χ1v) is 7.04. The van der Waals surface area contributed by atoms with Gasteiger partial charge in [-0.3, -0.25) is 4.40 Å². The predicted molar refractivity (Wildman–Crippen MR) is 78.8 cm³/mol. The predicted octanol–water partition coefficient (Wildman–Crippen LogP) is 1.40. The van der Waals surface area contributed by atoms with Crippen molar-refractivity contribution < 1.29 is 0 Å². The molecule has 1 atom stereocenters. The van der Waals surface area contributed by atoms with E-state index >= 15 is 0 Å². The van der Waals surface area contributed by atoms with E-state index in [0.29, 0.717) is 12.3 Å². The average Bonchev–Trinajstić information content (AvgIpc) is 3.05. The second-order valence-electron chi connectivity index (χ2n) is 5.30. The highest BCUT2D eigenvalue weighted by Gasteiger charge is 2.10. The van der Waals surface area contributed by atoms with Gasteiger partial charge < -0.3 is 5.73 Å². The summed E-state index contributed by atoms with van der Waals surface area (Å²) in [4.78, 5) is 8.97. The lowest BCUT2D eigenvalue weighted by Crippen LogP contribution is -2.08. The highest BCUT2D eigenvalue weighted by molar-refractivity contribution is 5.34. The molecule has 110 valence electrons. The van der Waals surface area contributed by atoms with Gasteiger partial charge in [0.2, 0.25) is 5.78 Å². The molecule has 2 N–H and O–H groups in total. The molecule has 3 aromatic rings. The smallest absolute Gasteiger partial charge is 0.234 e. The Balaban J connectivity index is 1.88. The maximum Gasteiger partial charge on any atom is 0.234 e. The van der Waals surface area contributed by atoms with Crippen LogP contribution >= 0.6 is 0 Å². The topological polar surface area (TPSA) is 86.9 Å². The monoisotopic (exact) mass is 285 g/mol. The third kappa shape index (κ3) is 2.64.